The van der Waals surface area contributed by atoms with Crippen LogP contribution in [0.1, 0.15) is 19.3 Å². The summed E-state index contributed by atoms with van der Waals surface area (Å²) in [5.74, 6) is 1.14. The first-order valence-corrected chi connectivity index (χ1v) is 8.55. The number of alkyl halides is 1. The maximum absolute atomic E-state index is 11.9. The summed E-state index contributed by atoms with van der Waals surface area (Å²) in [5.41, 5.74) is 0. The number of hydrogen-bond acceptors (Lipinski definition) is 4. The van der Waals surface area contributed by atoms with Crippen molar-refractivity contribution in [3.63, 3.8) is 0 Å². The van der Waals surface area contributed by atoms with Gasteiger partial charge in [-0.15, -0.1) is 11.6 Å². The van der Waals surface area contributed by atoms with Crippen molar-refractivity contribution >= 4 is 27.4 Å². The normalized spacial score (nSPS) is 23.2. The third-order valence-electron chi connectivity index (χ3n) is 3.63. The number of aromatic nitrogens is 1. The fourth-order valence-electron chi connectivity index (χ4n) is 2.31. The summed E-state index contributed by atoms with van der Waals surface area (Å²) in [5, 5.41) is 3.45. The molecule has 2 atom stereocenters. The standard InChI is InChI=1S/C13H20ClN3O2S/c1-17(2)20(18,19)11-6-7-13(16-9-11)15-8-10-4-3-5-12(10)14/h6-7,9-10,12H,3-5,8H2,1-2H3,(H,15,16). The average Bonchev–Trinajstić information content (AvgIpc) is 2.82. The number of pyridine rings is 1. The Morgan fingerprint density at radius 3 is 2.65 bits per heavy atom. The predicted molar refractivity (Wildman–Crippen MR) is 80.6 cm³/mol. The number of anilines is 1. The number of halogens is 1. The third-order valence-corrected chi connectivity index (χ3v) is 6.00. The van der Waals surface area contributed by atoms with Crippen molar-refractivity contribution in [2.24, 2.45) is 5.92 Å². The van der Waals surface area contributed by atoms with Gasteiger partial charge in [0.15, 0.2) is 0 Å². The molecule has 5 nitrogen and oxygen atoms in total. The number of nitrogens with zero attached hydrogens (tertiary/aromatic N) is 2. The monoisotopic (exact) mass is 317 g/mol. The molecule has 0 aliphatic heterocycles. The van der Waals surface area contributed by atoms with Crippen LogP contribution in [0.25, 0.3) is 0 Å². The molecule has 0 saturated heterocycles. The quantitative estimate of drug-likeness (QED) is 0.845. The van der Waals surface area contributed by atoms with Crippen molar-refractivity contribution in [3.05, 3.63) is 18.3 Å². The van der Waals surface area contributed by atoms with Crippen LogP contribution in [0.5, 0.6) is 0 Å². The van der Waals surface area contributed by atoms with Gasteiger partial charge in [-0.3, -0.25) is 0 Å². The Balaban J connectivity index is 1.98. The molecule has 20 heavy (non-hydrogen) atoms. The van der Waals surface area contributed by atoms with E-state index in [9.17, 15) is 8.42 Å². The molecule has 1 fully saturated rings. The summed E-state index contributed by atoms with van der Waals surface area (Å²) in [6, 6.07) is 3.26. The zero-order valence-electron chi connectivity index (χ0n) is 11.7. The van der Waals surface area contributed by atoms with Crippen molar-refractivity contribution in [1.29, 1.82) is 0 Å². The molecule has 1 aliphatic rings. The van der Waals surface area contributed by atoms with Crippen LogP contribution in [-0.2, 0) is 10.0 Å². The Morgan fingerprint density at radius 1 is 1.40 bits per heavy atom. The van der Waals surface area contributed by atoms with Crippen LogP contribution in [0.3, 0.4) is 0 Å². The maximum Gasteiger partial charge on any atom is 0.244 e. The van der Waals surface area contributed by atoms with E-state index in [-0.39, 0.29) is 10.3 Å². The van der Waals surface area contributed by atoms with Crippen molar-refractivity contribution in [2.45, 2.75) is 29.5 Å². The van der Waals surface area contributed by atoms with Gasteiger partial charge in [0, 0.05) is 32.2 Å². The van der Waals surface area contributed by atoms with Crippen LogP contribution in [0, 0.1) is 5.92 Å². The summed E-state index contributed by atoms with van der Waals surface area (Å²) in [7, 11) is -0.407. The van der Waals surface area contributed by atoms with Crippen LogP contribution >= 0.6 is 11.6 Å². The van der Waals surface area contributed by atoms with Crippen molar-refractivity contribution in [2.75, 3.05) is 26.0 Å². The van der Waals surface area contributed by atoms with E-state index in [0.29, 0.717) is 11.7 Å². The summed E-state index contributed by atoms with van der Waals surface area (Å²) in [6.45, 7) is 0.779. The minimum absolute atomic E-state index is 0.198. The van der Waals surface area contributed by atoms with Crippen LogP contribution in [0.15, 0.2) is 23.2 Å². The number of rotatable bonds is 5. The second kappa shape index (κ2) is 6.28. The molecule has 1 aromatic rings. The molecular formula is C13H20ClN3O2S. The highest BCUT2D eigenvalue weighted by Gasteiger charge is 2.25. The summed E-state index contributed by atoms with van der Waals surface area (Å²) in [4.78, 5) is 4.35. The molecule has 2 rings (SSSR count). The van der Waals surface area contributed by atoms with E-state index in [0.717, 1.165) is 19.4 Å². The van der Waals surface area contributed by atoms with Gasteiger partial charge in [0.05, 0.1) is 0 Å². The highest BCUT2D eigenvalue weighted by atomic mass is 35.5. The second-order valence-electron chi connectivity index (χ2n) is 5.25. The first-order chi connectivity index (χ1) is 9.41. The minimum Gasteiger partial charge on any atom is -0.370 e. The van der Waals surface area contributed by atoms with E-state index < -0.39 is 10.0 Å². The number of sulfonamides is 1. The molecule has 1 aliphatic carbocycles. The highest BCUT2D eigenvalue weighted by Crippen LogP contribution is 2.30. The molecule has 0 aromatic carbocycles. The lowest BCUT2D eigenvalue weighted by Gasteiger charge is -2.15. The van der Waals surface area contributed by atoms with E-state index in [1.165, 1.54) is 31.0 Å². The highest BCUT2D eigenvalue weighted by molar-refractivity contribution is 7.89. The van der Waals surface area contributed by atoms with Gasteiger partial charge in [0.2, 0.25) is 10.0 Å². The zero-order valence-corrected chi connectivity index (χ0v) is 13.3. The average molecular weight is 318 g/mol. The Labute approximate surface area is 125 Å². The topological polar surface area (TPSA) is 62.3 Å². The summed E-state index contributed by atoms with van der Waals surface area (Å²) in [6.07, 6.45) is 4.76. The molecule has 1 aromatic heterocycles. The van der Waals surface area contributed by atoms with Crippen LogP contribution < -0.4 is 5.32 Å². The fraction of sp³-hybridized carbons (Fsp3) is 0.615. The summed E-state index contributed by atoms with van der Waals surface area (Å²) < 4.78 is 25.0. The van der Waals surface area contributed by atoms with Gasteiger partial charge >= 0.3 is 0 Å². The van der Waals surface area contributed by atoms with Crippen molar-refractivity contribution in [1.82, 2.24) is 9.29 Å². The Bertz CT molecular complexity index is 545. The molecule has 2 unspecified atom stereocenters. The van der Waals surface area contributed by atoms with Gasteiger partial charge in [0.25, 0.3) is 0 Å². The SMILES string of the molecule is CN(C)S(=O)(=O)c1ccc(NCC2CCCC2Cl)nc1. The van der Waals surface area contributed by atoms with Gasteiger partial charge in [-0.05, 0) is 30.9 Å². The molecule has 1 heterocycles. The Kier molecular flexibility index (Phi) is 4.88. The molecule has 0 radical (unpaired) electrons. The number of nitrogens with one attached hydrogen (secondary N) is 1. The lowest BCUT2D eigenvalue weighted by atomic mass is 10.1. The molecule has 1 N–H and O–H groups in total. The molecule has 7 heteroatoms. The summed E-state index contributed by atoms with van der Waals surface area (Å²) >= 11 is 6.22. The zero-order chi connectivity index (χ0) is 14.8. The number of hydrogen-bond donors (Lipinski definition) is 1. The van der Waals surface area contributed by atoms with E-state index >= 15 is 0 Å². The van der Waals surface area contributed by atoms with E-state index in [1.54, 1.807) is 12.1 Å². The van der Waals surface area contributed by atoms with Gasteiger partial charge in [0.1, 0.15) is 10.7 Å². The molecule has 0 spiro atoms. The van der Waals surface area contributed by atoms with Gasteiger partial charge < -0.3 is 5.32 Å². The molecule has 112 valence electrons. The fourth-order valence-corrected chi connectivity index (χ4v) is 3.52. The van der Waals surface area contributed by atoms with Crippen LogP contribution in [0.4, 0.5) is 5.82 Å². The van der Waals surface area contributed by atoms with Gasteiger partial charge in [-0.1, -0.05) is 6.42 Å². The van der Waals surface area contributed by atoms with Gasteiger partial charge in [-0.2, -0.15) is 0 Å². The van der Waals surface area contributed by atoms with E-state index in [1.807, 2.05) is 0 Å². The smallest absolute Gasteiger partial charge is 0.244 e. The molecule has 0 amide bonds. The van der Waals surface area contributed by atoms with Gasteiger partial charge in [-0.25, -0.2) is 17.7 Å². The second-order valence-corrected chi connectivity index (χ2v) is 7.97. The minimum atomic E-state index is -3.41. The first kappa shape index (κ1) is 15.5. The van der Waals surface area contributed by atoms with Crippen molar-refractivity contribution < 1.29 is 8.42 Å². The molecule has 1 saturated carbocycles. The lowest BCUT2D eigenvalue weighted by molar-refractivity contribution is 0.520. The maximum atomic E-state index is 11.9. The molecule has 0 bridgehead atoms. The largest absolute Gasteiger partial charge is 0.370 e. The first-order valence-electron chi connectivity index (χ1n) is 6.68. The Hall–Kier alpha value is -0.850. The predicted octanol–water partition coefficient (Wildman–Crippen LogP) is 2.15. The van der Waals surface area contributed by atoms with E-state index in [2.05, 4.69) is 10.3 Å². The van der Waals surface area contributed by atoms with Crippen LogP contribution in [-0.4, -0.2) is 43.7 Å². The molecular weight excluding hydrogens is 298 g/mol. The third kappa shape index (κ3) is 3.42. The van der Waals surface area contributed by atoms with E-state index in [4.69, 9.17) is 11.6 Å². The Morgan fingerprint density at radius 2 is 2.15 bits per heavy atom. The lowest BCUT2D eigenvalue weighted by Crippen LogP contribution is -2.22. The van der Waals surface area contributed by atoms with Crippen molar-refractivity contribution in [3.8, 4) is 0 Å². The van der Waals surface area contributed by atoms with Crippen LogP contribution in [0.2, 0.25) is 0 Å².